The molecule has 0 aromatic carbocycles. The van der Waals surface area contributed by atoms with Gasteiger partial charge in [-0.15, -0.1) is 0 Å². The van der Waals surface area contributed by atoms with Gasteiger partial charge in [0.25, 0.3) is 0 Å². The molecule has 0 saturated heterocycles. The van der Waals surface area contributed by atoms with Gasteiger partial charge < -0.3 is 10.4 Å². The Morgan fingerprint density at radius 3 is 2.20 bits per heavy atom. The molecule has 2 nitrogen and oxygen atoms in total. The summed E-state index contributed by atoms with van der Waals surface area (Å²) in [5.41, 5.74) is 0.627. The molecular formula is C13H27NO. The van der Waals surface area contributed by atoms with Crippen LogP contribution in [0.4, 0.5) is 0 Å². The molecule has 0 amide bonds. The summed E-state index contributed by atoms with van der Waals surface area (Å²) in [6, 6.07) is 0.585. The fourth-order valence-electron chi connectivity index (χ4n) is 2.03. The number of rotatable bonds is 7. The van der Waals surface area contributed by atoms with E-state index in [0.717, 1.165) is 19.4 Å². The lowest BCUT2D eigenvalue weighted by atomic mass is 9.82. The zero-order valence-electron chi connectivity index (χ0n) is 10.8. The molecule has 0 aromatic rings. The topological polar surface area (TPSA) is 32.3 Å². The highest BCUT2D eigenvalue weighted by Gasteiger charge is 2.42. The van der Waals surface area contributed by atoms with Gasteiger partial charge in [0.2, 0.25) is 0 Å². The van der Waals surface area contributed by atoms with E-state index < -0.39 is 0 Å². The van der Waals surface area contributed by atoms with Gasteiger partial charge in [-0.3, -0.25) is 0 Å². The molecule has 15 heavy (non-hydrogen) atoms. The highest BCUT2D eigenvalue weighted by molar-refractivity contribution is 4.97. The van der Waals surface area contributed by atoms with Crippen molar-refractivity contribution in [3.8, 4) is 0 Å². The van der Waals surface area contributed by atoms with Gasteiger partial charge in [0.15, 0.2) is 0 Å². The van der Waals surface area contributed by atoms with E-state index in [1.165, 1.54) is 12.8 Å². The van der Waals surface area contributed by atoms with E-state index in [2.05, 4.69) is 33.0 Å². The fraction of sp³-hybridized carbons (Fsp3) is 1.00. The molecule has 1 rings (SSSR count). The number of aliphatic hydroxyl groups excluding tert-OH is 1. The van der Waals surface area contributed by atoms with Crippen molar-refractivity contribution in [1.82, 2.24) is 5.32 Å². The molecule has 90 valence electrons. The van der Waals surface area contributed by atoms with Gasteiger partial charge in [0.05, 0.1) is 0 Å². The third-order valence-electron chi connectivity index (χ3n) is 4.70. The van der Waals surface area contributed by atoms with E-state index in [0.29, 0.717) is 18.1 Å². The maximum atomic E-state index is 9.47. The Labute approximate surface area is 94.5 Å². The molecule has 1 aliphatic rings. The minimum Gasteiger partial charge on any atom is -0.396 e. The Kier molecular flexibility index (Phi) is 4.19. The summed E-state index contributed by atoms with van der Waals surface area (Å²) < 4.78 is 0. The molecular weight excluding hydrogens is 186 g/mol. The zero-order chi connectivity index (χ0) is 11.5. The molecule has 1 unspecified atom stereocenters. The van der Waals surface area contributed by atoms with Crippen LogP contribution >= 0.6 is 0 Å². The Hall–Kier alpha value is -0.0800. The van der Waals surface area contributed by atoms with Crippen molar-refractivity contribution in [3.05, 3.63) is 0 Å². The molecule has 0 heterocycles. The minimum absolute atomic E-state index is 0.0967. The first kappa shape index (κ1) is 13.0. The van der Waals surface area contributed by atoms with Gasteiger partial charge in [-0.25, -0.2) is 0 Å². The van der Waals surface area contributed by atoms with Crippen molar-refractivity contribution in [2.24, 2.45) is 10.8 Å². The predicted octanol–water partition coefficient (Wildman–Crippen LogP) is 2.56. The Morgan fingerprint density at radius 2 is 1.87 bits per heavy atom. The number of hydrogen-bond acceptors (Lipinski definition) is 2. The molecule has 0 aromatic heterocycles. The molecule has 1 atom stereocenters. The van der Waals surface area contributed by atoms with Crippen LogP contribution in [-0.4, -0.2) is 24.3 Å². The molecule has 2 heteroatoms. The van der Waals surface area contributed by atoms with Crippen LogP contribution in [0, 0.1) is 10.8 Å². The van der Waals surface area contributed by atoms with E-state index in [9.17, 15) is 5.11 Å². The van der Waals surface area contributed by atoms with E-state index in [1.54, 1.807) is 0 Å². The first-order valence-electron chi connectivity index (χ1n) is 6.36. The van der Waals surface area contributed by atoms with Crippen LogP contribution in [0.1, 0.15) is 53.4 Å². The lowest BCUT2D eigenvalue weighted by Gasteiger charge is -2.32. The van der Waals surface area contributed by atoms with Gasteiger partial charge in [0.1, 0.15) is 0 Å². The predicted molar refractivity (Wildman–Crippen MR) is 64.9 cm³/mol. The summed E-state index contributed by atoms with van der Waals surface area (Å²) in [6.45, 7) is 10.2. The van der Waals surface area contributed by atoms with E-state index in [1.807, 2.05) is 0 Å². The van der Waals surface area contributed by atoms with Gasteiger partial charge in [-0.05, 0) is 38.0 Å². The van der Waals surface area contributed by atoms with Crippen molar-refractivity contribution in [2.75, 3.05) is 13.2 Å². The Bertz CT molecular complexity index is 186. The number of hydrogen-bond donors (Lipinski definition) is 2. The van der Waals surface area contributed by atoms with Crippen LogP contribution in [0.3, 0.4) is 0 Å². The van der Waals surface area contributed by atoms with Crippen molar-refractivity contribution >= 4 is 0 Å². The van der Waals surface area contributed by atoms with Crippen LogP contribution in [-0.2, 0) is 0 Å². The van der Waals surface area contributed by atoms with Crippen LogP contribution in [0.2, 0.25) is 0 Å². The zero-order valence-corrected chi connectivity index (χ0v) is 10.8. The summed E-state index contributed by atoms with van der Waals surface area (Å²) in [6.07, 6.45) is 4.81. The summed E-state index contributed by atoms with van der Waals surface area (Å²) in [4.78, 5) is 0. The van der Waals surface area contributed by atoms with Crippen LogP contribution in [0.5, 0.6) is 0 Å². The van der Waals surface area contributed by atoms with Crippen molar-refractivity contribution in [3.63, 3.8) is 0 Å². The average Bonchev–Trinajstić information content (AvgIpc) is 3.00. The molecule has 0 bridgehead atoms. The Balaban J connectivity index is 2.39. The minimum atomic E-state index is 0.0967. The molecule has 1 fully saturated rings. The van der Waals surface area contributed by atoms with Crippen LogP contribution < -0.4 is 5.32 Å². The second kappa shape index (κ2) is 4.84. The molecule has 1 aliphatic carbocycles. The second-order valence-corrected chi connectivity index (χ2v) is 5.62. The standard InChI is InChI=1S/C13H27NO/c1-5-13(6-2,10-15)9-14-11(3)12(4)7-8-12/h11,14-15H,5-10H2,1-4H3. The lowest BCUT2D eigenvalue weighted by Crippen LogP contribution is -2.43. The first-order chi connectivity index (χ1) is 7.02. The van der Waals surface area contributed by atoms with E-state index in [4.69, 9.17) is 0 Å². The van der Waals surface area contributed by atoms with Crippen molar-refractivity contribution in [1.29, 1.82) is 0 Å². The molecule has 0 radical (unpaired) electrons. The van der Waals surface area contributed by atoms with Gasteiger partial charge in [-0.2, -0.15) is 0 Å². The Morgan fingerprint density at radius 1 is 1.33 bits per heavy atom. The highest BCUT2D eigenvalue weighted by atomic mass is 16.3. The van der Waals surface area contributed by atoms with Crippen molar-refractivity contribution < 1.29 is 5.11 Å². The first-order valence-corrected chi connectivity index (χ1v) is 6.36. The summed E-state index contributed by atoms with van der Waals surface area (Å²) in [5, 5.41) is 13.1. The second-order valence-electron chi connectivity index (χ2n) is 5.62. The maximum absolute atomic E-state index is 9.47. The maximum Gasteiger partial charge on any atom is 0.0499 e. The number of nitrogens with one attached hydrogen (secondary N) is 1. The molecule has 1 saturated carbocycles. The highest BCUT2D eigenvalue weighted by Crippen LogP contribution is 2.48. The quantitative estimate of drug-likeness (QED) is 0.681. The third-order valence-corrected chi connectivity index (χ3v) is 4.70. The largest absolute Gasteiger partial charge is 0.396 e. The monoisotopic (exact) mass is 213 g/mol. The average molecular weight is 213 g/mol. The molecule has 0 spiro atoms. The van der Waals surface area contributed by atoms with Gasteiger partial charge >= 0.3 is 0 Å². The van der Waals surface area contributed by atoms with Crippen molar-refractivity contribution in [2.45, 2.75) is 59.4 Å². The summed E-state index contributed by atoms with van der Waals surface area (Å²) in [5.74, 6) is 0. The fourth-order valence-corrected chi connectivity index (χ4v) is 2.03. The van der Waals surface area contributed by atoms with Gasteiger partial charge in [-0.1, -0.05) is 20.8 Å². The van der Waals surface area contributed by atoms with E-state index in [-0.39, 0.29) is 5.41 Å². The summed E-state index contributed by atoms with van der Waals surface area (Å²) >= 11 is 0. The third kappa shape index (κ3) is 2.94. The van der Waals surface area contributed by atoms with E-state index >= 15 is 0 Å². The van der Waals surface area contributed by atoms with Gasteiger partial charge in [0, 0.05) is 24.6 Å². The summed E-state index contributed by atoms with van der Waals surface area (Å²) in [7, 11) is 0. The smallest absolute Gasteiger partial charge is 0.0499 e. The SMILES string of the molecule is CCC(CC)(CO)CNC(C)C1(C)CC1. The number of aliphatic hydroxyl groups is 1. The lowest BCUT2D eigenvalue weighted by molar-refractivity contribution is 0.107. The van der Waals surface area contributed by atoms with Crippen LogP contribution in [0.25, 0.3) is 0 Å². The normalized spacial score (nSPS) is 21.4. The molecule has 2 N–H and O–H groups in total. The molecule has 0 aliphatic heterocycles. The van der Waals surface area contributed by atoms with Crippen LogP contribution in [0.15, 0.2) is 0 Å².